The minimum Gasteiger partial charge on any atom is -0.482 e. The number of hydrogen-bond donors (Lipinski definition) is 0. The molecule has 1 aromatic rings. The van der Waals surface area contributed by atoms with Gasteiger partial charge in [-0.2, -0.15) is 0 Å². The Morgan fingerprint density at radius 2 is 1.60 bits per heavy atom. The van der Waals surface area contributed by atoms with Gasteiger partial charge < -0.3 is 9.47 Å². The van der Waals surface area contributed by atoms with E-state index in [9.17, 15) is 4.79 Å². The molecule has 3 heteroatoms. The first-order chi connectivity index (χ1) is 9.14. The third kappa shape index (κ3) is 5.24. The van der Waals surface area contributed by atoms with Crippen LogP contribution in [0.5, 0.6) is 5.75 Å². The van der Waals surface area contributed by atoms with Gasteiger partial charge in [-0.25, -0.2) is 4.79 Å². The lowest BCUT2D eigenvalue weighted by atomic mass is 9.82. The zero-order valence-electron chi connectivity index (χ0n) is 13.4. The van der Waals surface area contributed by atoms with Crippen molar-refractivity contribution in [2.24, 2.45) is 0 Å². The van der Waals surface area contributed by atoms with E-state index in [4.69, 9.17) is 9.47 Å². The fourth-order valence-electron chi connectivity index (χ4n) is 1.72. The van der Waals surface area contributed by atoms with Gasteiger partial charge in [0.15, 0.2) is 6.61 Å². The molecule has 112 valence electrons. The maximum Gasteiger partial charge on any atom is 0.344 e. The second-order valence-corrected chi connectivity index (χ2v) is 6.64. The number of carbonyl (C=O) groups excluding carboxylic acids is 1. The number of esters is 1. The van der Waals surface area contributed by atoms with E-state index in [1.807, 2.05) is 45.0 Å². The summed E-state index contributed by atoms with van der Waals surface area (Å²) in [5, 5.41) is 0. The highest BCUT2D eigenvalue weighted by Crippen LogP contribution is 2.28. The highest BCUT2D eigenvalue weighted by molar-refractivity contribution is 5.71. The fraction of sp³-hybridized carbons (Fsp3) is 0.588. The second kappa shape index (κ2) is 6.29. The van der Waals surface area contributed by atoms with Gasteiger partial charge in [0.05, 0.1) is 0 Å². The standard InChI is InChI=1S/C17H26O3/c1-7-17(5,6)13-8-10-14(11-9-13)19-12-15(18)20-16(2,3)4/h8-11H,7,12H2,1-6H3. The predicted molar refractivity (Wildman–Crippen MR) is 81.1 cm³/mol. The molecule has 0 aromatic heterocycles. The van der Waals surface area contributed by atoms with Crippen molar-refractivity contribution < 1.29 is 14.3 Å². The van der Waals surface area contributed by atoms with Crippen LogP contribution in [-0.4, -0.2) is 18.2 Å². The van der Waals surface area contributed by atoms with Crippen molar-refractivity contribution in [1.29, 1.82) is 0 Å². The van der Waals surface area contributed by atoms with Gasteiger partial charge in [-0.15, -0.1) is 0 Å². The van der Waals surface area contributed by atoms with E-state index in [1.54, 1.807) is 0 Å². The zero-order chi connectivity index (χ0) is 15.4. The lowest BCUT2D eigenvalue weighted by molar-refractivity contribution is -0.157. The summed E-state index contributed by atoms with van der Waals surface area (Å²) >= 11 is 0. The summed E-state index contributed by atoms with van der Waals surface area (Å²) in [7, 11) is 0. The van der Waals surface area contributed by atoms with Gasteiger partial charge in [-0.1, -0.05) is 32.9 Å². The van der Waals surface area contributed by atoms with Crippen LogP contribution in [0.1, 0.15) is 53.5 Å². The Hall–Kier alpha value is -1.51. The number of hydrogen-bond acceptors (Lipinski definition) is 3. The summed E-state index contributed by atoms with van der Waals surface area (Å²) in [5.41, 5.74) is 0.948. The van der Waals surface area contributed by atoms with Crippen molar-refractivity contribution in [2.75, 3.05) is 6.61 Å². The molecular formula is C17H26O3. The molecule has 0 saturated carbocycles. The third-order valence-electron chi connectivity index (χ3n) is 3.30. The van der Waals surface area contributed by atoms with Gasteiger partial charge in [-0.05, 0) is 50.3 Å². The zero-order valence-corrected chi connectivity index (χ0v) is 13.4. The van der Waals surface area contributed by atoms with Crippen LogP contribution < -0.4 is 4.74 Å². The molecule has 0 spiro atoms. The molecule has 0 amide bonds. The molecule has 0 unspecified atom stereocenters. The Balaban J connectivity index is 2.57. The van der Waals surface area contributed by atoms with Crippen molar-refractivity contribution in [3.05, 3.63) is 29.8 Å². The fourth-order valence-corrected chi connectivity index (χ4v) is 1.72. The van der Waals surface area contributed by atoms with Crippen LogP contribution in [0.25, 0.3) is 0 Å². The monoisotopic (exact) mass is 278 g/mol. The molecule has 3 nitrogen and oxygen atoms in total. The summed E-state index contributed by atoms with van der Waals surface area (Å²) in [4.78, 5) is 11.6. The highest BCUT2D eigenvalue weighted by atomic mass is 16.6. The Bertz CT molecular complexity index is 438. The summed E-state index contributed by atoms with van der Waals surface area (Å²) < 4.78 is 10.6. The molecule has 0 radical (unpaired) electrons. The molecule has 0 aliphatic rings. The van der Waals surface area contributed by atoms with E-state index in [1.165, 1.54) is 5.56 Å². The topological polar surface area (TPSA) is 35.5 Å². The quantitative estimate of drug-likeness (QED) is 0.761. The van der Waals surface area contributed by atoms with Crippen LogP contribution in [-0.2, 0) is 14.9 Å². The van der Waals surface area contributed by atoms with Gasteiger partial charge in [0, 0.05) is 0 Å². The molecule has 0 heterocycles. The van der Waals surface area contributed by atoms with Crippen molar-refractivity contribution in [3.8, 4) is 5.75 Å². The smallest absolute Gasteiger partial charge is 0.344 e. The van der Waals surface area contributed by atoms with Gasteiger partial charge in [0.1, 0.15) is 11.4 Å². The molecule has 0 bridgehead atoms. The Morgan fingerprint density at radius 3 is 2.05 bits per heavy atom. The van der Waals surface area contributed by atoms with Crippen molar-refractivity contribution in [3.63, 3.8) is 0 Å². The van der Waals surface area contributed by atoms with Crippen molar-refractivity contribution in [1.82, 2.24) is 0 Å². The lowest BCUT2D eigenvalue weighted by Crippen LogP contribution is -2.27. The first kappa shape index (κ1) is 16.5. The molecule has 0 fully saturated rings. The van der Waals surface area contributed by atoms with Crippen LogP contribution in [0.3, 0.4) is 0 Å². The highest BCUT2D eigenvalue weighted by Gasteiger charge is 2.18. The number of benzene rings is 1. The van der Waals surface area contributed by atoms with E-state index in [0.717, 1.165) is 6.42 Å². The third-order valence-corrected chi connectivity index (χ3v) is 3.30. The lowest BCUT2D eigenvalue weighted by Gasteiger charge is -2.23. The van der Waals surface area contributed by atoms with E-state index < -0.39 is 5.60 Å². The Kier molecular flexibility index (Phi) is 5.21. The average Bonchev–Trinajstić information content (AvgIpc) is 2.35. The molecule has 0 atom stereocenters. The molecule has 0 N–H and O–H groups in total. The maximum absolute atomic E-state index is 11.6. The van der Waals surface area contributed by atoms with Gasteiger partial charge in [-0.3, -0.25) is 0 Å². The van der Waals surface area contributed by atoms with Crippen LogP contribution in [0, 0.1) is 0 Å². The SMILES string of the molecule is CCC(C)(C)c1ccc(OCC(=O)OC(C)(C)C)cc1. The molecule has 1 rings (SSSR count). The molecular weight excluding hydrogens is 252 g/mol. The number of ether oxygens (including phenoxy) is 2. The van der Waals surface area contributed by atoms with Crippen LogP contribution in [0.4, 0.5) is 0 Å². The molecule has 1 aromatic carbocycles. The summed E-state index contributed by atoms with van der Waals surface area (Å²) in [6.07, 6.45) is 1.07. The van der Waals surface area contributed by atoms with E-state index in [2.05, 4.69) is 20.8 Å². The van der Waals surface area contributed by atoms with E-state index >= 15 is 0 Å². The molecule has 0 saturated heterocycles. The first-order valence-corrected chi connectivity index (χ1v) is 7.09. The van der Waals surface area contributed by atoms with Crippen molar-refractivity contribution in [2.45, 2.75) is 59.0 Å². The first-order valence-electron chi connectivity index (χ1n) is 7.09. The van der Waals surface area contributed by atoms with E-state index in [-0.39, 0.29) is 18.0 Å². The van der Waals surface area contributed by atoms with Crippen LogP contribution >= 0.6 is 0 Å². The molecule has 20 heavy (non-hydrogen) atoms. The number of carbonyl (C=O) groups is 1. The minimum absolute atomic E-state index is 0.0617. The number of rotatable bonds is 5. The maximum atomic E-state index is 11.6. The minimum atomic E-state index is -0.477. The van der Waals surface area contributed by atoms with Crippen LogP contribution in [0.15, 0.2) is 24.3 Å². The summed E-state index contributed by atoms with van der Waals surface area (Å²) in [5.74, 6) is 0.335. The molecule has 0 aliphatic heterocycles. The summed E-state index contributed by atoms with van der Waals surface area (Å²) in [6.45, 7) is 12.1. The van der Waals surface area contributed by atoms with Crippen molar-refractivity contribution >= 4 is 5.97 Å². The average molecular weight is 278 g/mol. The van der Waals surface area contributed by atoms with Gasteiger partial charge in [0.25, 0.3) is 0 Å². The van der Waals surface area contributed by atoms with E-state index in [0.29, 0.717) is 5.75 Å². The largest absolute Gasteiger partial charge is 0.482 e. The Labute approximate surface area is 122 Å². The van der Waals surface area contributed by atoms with Gasteiger partial charge >= 0.3 is 5.97 Å². The Morgan fingerprint density at radius 1 is 1.05 bits per heavy atom. The predicted octanol–water partition coefficient (Wildman–Crippen LogP) is 4.09. The second-order valence-electron chi connectivity index (χ2n) is 6.64. The molecule has 0 aliphatic carbocycles. The van der Waals surface area contributed by atoms with Crippen LogP contribution in [0.2, 0.25) is 0 Å². The van der Waals surface area contributed by atoms with Gasteiger partial charge in [0.2, 0.25) is 0 Å². The summed E-state index contributed by atoms with van der Waals surface area (Å²) in [6, 6.07) is 7.90. The normalized spacial score (nSPS) is 12.1.